The van der Waals surface area contributed by atoms with E-state index in [2.05, 4.69) is 4.18 Å². The Bertz CT molecular complexity index is 1620. The lowest BCUT2D eigenvalue weighted by atomic mass is 10.1. The maximum atomic E-state index is 13.8. The van der Waals surface area contributed by atoms with Gasteiger partial charge in [0.1, 0.15) is 5.56 Å². The predicted molar refractivity (Wildman–Crippen MR) is 114 cm³/mol. The minimum atomic E-state index is -7.82. The lowest BCUT2D eigenvalue weighted by molar-refractivity contribution is -0.382. The number of alkyl halides is 15. The summed E-state index contributed by atoms with van der Waals surface area (Å²) in [6, 6.07) is 0.0598. The second kappa shape index (κ2) is 11.1. The van der Waals surface area contributed by atoms with Gasteiger partial charge in [-0.25, -0.2) is 13.2 Å². The number of sulfone groups is 1. The summed E-state index contributed by atoms with van der Waals surface area (Å²) in [5, 5.41) is -4.08. The average Bonchev–Trinajstić information content (AvgIpc) is 2.82. The van der Waals surface area contributed by atoms with Gasteiger partial charge in [0.05, 0.1) is 4.90 Å². The van der Waals surface area contributed by atoms with Crippen molar-refractivity contribution in [2.45, 2.75) is 39.9 Å². The molecular weight excluding hydrogens is 701 g/mol. The van der Waals surface area contributed by atoms with Crippen molar-refractivity contribution in [1.82, 2.24) is 0 Å². The summed E-state index contributed by atoms with van der Waals surface area (Å²) >= 11 is 0. The SMILES string of the molecule is O=C(Nc1ccc(S(=O)(=O)C(F)(F)F)cc1)Nc1ccc(OS(=O)(=O)C(F)(F)C(F)(F)C(F)(F)C(F)(F)F)c(C(F)(F)F)c1. The Hall–Kier alpha value is -3.64. The van der Waals surface area contributed by atoms with Crippen molar-refractivity contribution in [3.8, 4) is 5.75 Å². The molecule has 2 amide bonds. The van der Waals surface area contributed by atoms with Crippen LogP contribution in [0.5, 0.6) is 5.75 Å². The van der Waals surface area contributed by atoms with Crippen LogP contribution in [0, 0.1) is 0 Å². The molecule has 25 heteroatoms. The molecule has 0 bridgehead atoms. The fraction of sp³-hybridized carbons (Fsp3) is 0.316. The topological polar surface area (TPSA) is 119 Å². The maximum Gasteiger partial charge on any atom is 0.501 e. The van der Waals surface area contributed by atoms with Crippen molar-refractivity contribution < 1.29 is 91.7 Å². The molecule has 0 saturated heterocycles. The number of rotatable bonds is 8. The summed E-state index contributed by atoms with van der Waals surface area (Å²) in [4.78, 5) is 10.8. The standard InChI is InChI=1S/C19H9F15N2O6S2/c20-14(21,22)11-7-9(36-13(37)35-8-1-4-10(5-2-8)43(38,39)19(32,33)34)3-6-12(11)42-44(40,41)18(30,31)16(25,26)15(23,24)17(27,28)29/h1-7H,(H2,35,36,37). The molecule has 0 aliphatic carbocycles. The fourth-order valence-electron chi connectivity index (χ4n) is 2.73. The number of hydrogen-bond acceptors (Lipinski definition) is 6. The minimum Gasteiger partial charge on any atom is -0.377 e. The van der Waals surface area contributed by atoms with E-state index in [-0.39, 0.29) is 18.2 Å². The highest BCUT2D eigenvalue weighted by Crippen LogP contribution is 2.55. The Balaban J connectivity index is 2.37. The Morgan fingerprint density at radius 1 is 0.636 bits per heavy atom. The number of carbonyl (C=O) groups excluding carboxylic acids is 1. The quantitative estimate of drug-likeness (QED) is 0.231. The number of halogens is 15. The van der Waals surface area contributed by atoms with E-state index in [0.717, 1.165) is 0 Å². The van der Waals surface area contributed by atoms with Gasteiger partial charge in [-0.2, -0.15) is 74.3 Å². The summed E-state index contributed by atoms with van der Waals surface area (Å²) in [7, 11) is -13.6. The van der Waals surface area contributed by atoms with Crippen LogP contribution in [0.2, 0.25) is 0 Å². The Kier molecular flexibility index (Phi) is 9.19. The van der Waals surface area contributed by atoms with E-state index in [9.17, 15) is 87.5 Å². The monoisotopic (exact) mass is 710 g/mol. The molecule has 0 radical (unpaired) electrons. The highest BCUT2D eigenvalue weighted by atomic mass is 32.2. The Morgan fingerprint density at radius 2 is 1.09 bits per heavy atom. The molecule has 0 fully saturated rings. The third kappa shape index (κ3) is 6.71. The lowest BCUT2D eigenvalue weighted by Gasteiger charge is -2.32. The van der Waals surface area contributed by atoms with Gasteiger partial charge in [-0.1, -0.05) is 0 Å². The van der Waals surface area contributed by atoms with Gasteiger partial charge in [0.25, 0.3) is 9.84 Å². The molecular formula is C19H9F15N2O6S2. The van der Waals surface area contributed by atoms with Crippen molar-refractivity contribution in [3.05, 3.63) is 48.0 Å². The van der Waals surface area contributed by atoms with Crippen LogP contribution < -0.4 is 14.8 Å². The molecule has 0 aliphatic heterocycles. The Labute approximate surface area is 233 Å². The van der Waals surface area contributed by atoms with Crippen molar-refractivity contribution in [1.29, 1.82) is 0 Å². The van der Waals surface area contributed by atoms with E-state index >= 15 is 0 Å². The maximum absolute atomic E-state index is 13.8. The van der Waals surface area contributed by atoms with Gasteiger partial charge in [0, 0.05) is 11.4 Å². The summed E-state index contributed by atoms with van der Waals surface area (Å²) in [6.45, 7) is 0. The van der Waals surface area contributed by atoms with Crippen LogP contribution in [-0.4, -0.2) is 51.7 Å². The van der Waals surface area contributed by atoms with Crippen LogP contribution in [0.4, 0.5) is 82.0 Å². The van der Waals surface area contributed by atoms with E-state index in [1.54, 1.807) is 10.6 Å². The summed E-state index contributed by atoms with van der Waals surface area (Å²) in [5.41, 5.74) is -9.68. The molecule has 0 aliphatic rings. The number of nitrogens with one attached hydrogen (secondary N) is 2. The van der Waals surface area contributed by atoms with Gasteiger partial charge >= 0.3 is 51.1 Å². The number of carbonyl (C=O) groups is 1. The molecule has 248 valence electrons. The zero-order valence-corrected chi connectivity index (χ0v) is 21.6. The van der Waals surface area contributed by atoms with Crippen LogP contribution in [-0.2, 0) is 26.1 Å². The second-order valence-electron chi connectivity index (χ2n) is 7.96. The first-order valence-corrected chi connectivity index (χ1v) is 13.1. The van der Waals surface area contributed by atoms with Gasteiger partial charge in [-0.3, -0.25) is 0 Å². The number of hydrogen-bond donors (Lipinski definition) is 2. The highest BCUT2D eigenvalue weighted by molar-refractivity contribution is 7.92. The summed E-state index contributed by atoms with van der Waals surface area (Å²) in [6.07, 6.45) is -13.3. The van der Waals surface area contributed by atoms with Crippen LogP contribution in [0.1, 0.15) is 5.56 Å². The molecule has 8 nitrogen and oxygen atoms in total. The number of anilines is 2. The first-order chi connectivity index (χ1) is 19.4. The molecule has 0 unspecified atom stereocenters. The van der Waals surface area contributed by atoms with Gasteiger partial charge < -0.3 is 14.8 Å². The molecule has 2 aromatic carbocycles. The van der Waals surface area contributed by atoms with Gasteiger partial charge in [-0.15, -0.1) is 0 Å². The molecule has 0 atom stereocenters. The first kappa shape index (κ1) is 36.6. The fourth-order valence-corrected chi connectivity index (χ4v) is 4.42. The van der Waals surface area contributed by atoms with Crippen LogP contribution in [0.3, 0.4) is 0 Å². The van der Waals surface area contributed by atoms with Crippen molar-refractivity contribution in [3.63, 3.8) is 0 Å². The predicted octanol–water partition coefficient (Wildman–Crippen LogP) is 6.78. The van der Waals surface area contributed by atoms with E-state index < -0.39 is 88.5 Å². The van der Waals surface area contributed by atoms with Gasteiger partial charge in [0.15, 0.2) is 5.75 Å². The normalized spacial score (nSPS) is 14.2. The summed E-state index contributed by atoms with van der Waals surface area (Å²) < 4.78 is 245. The molecule has 0 heterocycles. The van der Waals surface area contributed by atoms with Gasteiger partial charge in [-0.05, 0) is 42.5 Å². The van der Waals surface area contributed by atoms with E-state index in [1.165, 1.54) is 0 Å². The third-order valence-electron chi connectivity index (χ3n) is 4.90. The molecule has 2 rings (SSSR count). The van der Waals surface area contributed by atoms with Crippen LogP contribution in [0.15, 0.2) is 47.4 Å². The molecule has 2 N–H and O–H groups in total. The minimum absolute atomic E-state index is 0.208. The molecule has 0 saturated carbocycles. The van der Waals surface area contributed by atoms with Crippen molar-refractivity contribution >= 4 is 37.4 Å². The number of benzene rings is 2. The first-order valence-electron chi connectivity index (χ1n) is 10.2. The van der Waals surface area contributed by atoms with Crippen LogP contribution >= 0.6 is 0 Å². The van der Waals surface area contributed by atoms with Gasteiger partial charge in [0.2, 0.25) is 0 Å². The number of urea groups is 1. The molecule has 44 heavy (non-hydrogen) atoms. The van der Waals surface area contributed by atoms with Crippen molar-refractivity contribution in [2.24, 2.45) is 0 Å². The third-order valence-corrected chi connectivity index (χ3v) is 7.68. The smallest absolute Gasteiger partial charge is 0.377 e. The van der Waals surface area contributed by atoms with E-state index in [1.807, 2.05) is 0 Å². The molecule has 0 aromatic heterocycles. The molecule has 2 aromatic rings. The van der Waals surface area contributed by atoms with Crippen molar-refractivity contribution in [2.75, 3.05) is 10.6 Å². The number of amides is 2. The molecule has 0 spiro atoms. The zero-order valence-electron chi connectivity index (χ0n) is 20.0. The highest BCUT2D eigenvalue weighted by Gasteiger charge is 2.86. The largest absolute Gasteiger partial charge is 0.501 e. The Morgan fingerprint density at radius 3 is 1.52 bits per heavy atom. The summed E-state index contributed by atoms with van der Waals surface area (Å²) in [5.74, 6) is -17.9. The zero-order chi connectivity index (χ0) is 34.5. The van der Waals surface area contributed by atoms with E-state index in [0.29, 0.717) is 24.3 Å². The second-order valence-corrected chi connectivity index (χ2v) is 11.5. The average molecular weight is 710 g/mol. The lowest BCUT2D eigenvalue weighted by Crippen LogP contribution is -2.63. The van der Waals surface area contributed by atoms with Crippen LogP contribution in [0.25, 0.3) is 0 Å². The van der Waals surface area contributed by atoms with E-state index in [4.69, 9.17) is 0 Å².